The number of amides is 1. The number of rotatable bonds is 5. The highest BCUT2D eigenvalue weighted by atomic mass is 16.5. The molecule has 1 aromatic heterocycles. The average Bonchev–Trinajstić information content (AvgIpc) is 3.01. The van der Waals surface area contributed by atoms with Crippen molar-refractivity contribution in [1.29, 1.82) is 0 Å². The molecule has 0 atom stereocenters. The third-order valence-electron chi connectivity index (χ3n) is 3.33. The fraction of sp³-hybridized carbons (Fsp3) is 0.167. The van der Waals surface area contributed by atoms with E-state index in [1.54, 1.807) is 19.1 Å². The smallest absolute Gasteiger partial charge is 0.262 e. The molecule has 24 heavy (non-hydrogen) atoms. The molecule has 2 aromatic carbocycles. The lowest BCUT2D eigenvalue weighted by Crippen LogP contribution is -2.20. The van der Waals surface area contributed by atoms with Crippen molar-refractivity contribution in [1.82, 2.24) is 10.1 Å². The van der Waals surface area contributed by atoms with Gasteiger partial charge in [0, 0.05) is 11.3 Å². The van der Waals surface area contributed by atoms with E-state index in [0.29, 0.717) is 23.2 Å². The Morgan fingerprint density at radius 1 is 1.08 bits per heavy atom. The van der Waals surface area contributed by atoms with Gasteiger partial charge in [-0.25, -0.2) is 0 Å². The van der Waals surface area contributed by atoms with Crippen LogP contribution in [0.15, 0.2) is 53.1 Å². The summed E-state index contributed by atoms with van der Waals surface area (Å²) in [7, 11) is 0. The van der Waals surface area contributed by atoms with E-state index < -0.39 is 0 Å². The number of aromatic nitrogens is 2. The summed E-state index contributed by atoms with van der Waals surface area (Å²) >= 11 is 0. The maximum absolute atomic E-state index is 11.9. The minimum Gasteiger partial charge on any atom is -0.484 e. The first-order valence-corrected chi connectivity index (χ1v) is 7.50. The average molecular weight is 323 g/mol. The van der Waals surface area contributed by atoms with Gasteiger partial charge in [-0.15, -0.1) is 0 Å². The van der Waals surface area contributed by atoms with E-state index in [1.807, 2.05) is 43.3 Å². The van der Waals surface area contributed by atoms with Gasteiger partial charge >= 0.3 is 0 Å². The van der Waals surface area contributed by atoms with Gasteiger partial charge in [-0.3, -0.25) is 4.79 Å². The molecule has 6 nitrogen and oxygen atoms in total. The lowest BCUT2D eigenvalue weighted by Gasteiger charge is -2.08. The van der Waals surface area contributed by atoms with Crippen LogP contribution in [0.5, 0.6) is 5.75 Å². The Morgan fingerprint density at radius 3 is 2.42 bits per heavy atom. The summed E-state index contributed by atoms with van der Waals surface area (Å²) in [6.07, 6.45) is 0. The number of nitrogens with one attached hydrogen (secondary N) is 1. The first-order valence-electron chi connectivity index (χ1n) is 7.50. The number of carbonyl (C=O) groups excluding carboxylic acids is 1. The number of benzene rings is 2. The lowest BCUT2D eigenvalue weighted by atomic mass is 10.2. The highest BCUT2D eigenvalue weighted by molar-refractivity contribution is 5.92. The van der Waals surface area contributed by atoms with Gasteiger partial charge in [0.1, 0.15) is 5.75 Å². The molecule has 0 aliphatic carbocycles. The molecular formula is C18H17N3O3. The van der Waals surface area contributed by atoms with Crippen LogP contribution in [0.4, 0.5) is 5.69 Å². The molecule has 0 radical (unpaired) electrons. The lowest BCUT2D eigenvalue weighted by molar-refractivity contribution is -0.118. The molecule has 122 valence electrons. The van der Waals surface area contributed by atoms with Crippen LogP contribution in [-0.4, -0.2) is 22.7 Å². The molecule has 0 unspecified atom stereocenters. The summed E-state index contributed by atoms with van der Waals surface area (Å²) in [5.74, 6) is 1.47. The zero-order valence-electron chi connectivity index (χ0n) is 13.4. The van der Waals surface area contributed by atoms with Crippen LogP contribution in [0.2, 0.25) is 0 Å². The predicted octanol–water partition coefficient (Wildman–Crippen LogP) is 3.37. The highest BCUT2D eigenvalue weighted by Gasteiger charge is 2.07. The van der Waals surface area contributed by atoms with Crippen molar-refractivity contribution < 1.29 is 14.1 Å². The summed E-state index contributed by atoms with van der Waals surface area (Å²) in [6.45, 7) is 3.71. The van der Waals surface area contributed by atoms with E-state index in [1.165, 1.54) is 0 Å². The zero-order valence-corrected chi connectivity index (χ0v) is 13.4. The first-order chi connectivity index (χ1) is 11.6. The third kappa shape index (κ3) is 3.98. The summed E-state index contributed by atoms with van der Waals surface area (Å²) in [5.41, 5.74) is 2.61. The molecule has 0 saturated carbocycles. The maximum Gasteiger partial charge on any atom is 0.262 e. The predicted molar refractivity (Wildman–Crippen MR) is 89.8 cm³/mol. The molecule has 1 heterocycles. The topological polar surface area (TPSA) is 77.2 Å². The first kappa shape index (κ1) is 15.7. The second kappa shape index (κ2) is 6.95. The van der Waals surface area contributed by atoms with Gasteiger partial charge in [-0.2, -0.15) is 4.98 Å². The molecule has 0 bridgehead atoms. The van der Waals surface area contributed by atoms with Crippen LogP contribution in [0, 0.1) is 13.8 Å². The fourth-order valence-corrected chi connectivity index (χ4v) is 2.09. The second-order valence-electron chi connectivity index (χ2n) is 5.37. The Labute approximate surface area is 139 Å². The van der Waals surface area contributed by atoms with Crippen molar-refractivity contribution in [2.45, 2.75) is 13.8 Å². The fourth-order valence-electron chi connectivity index (χ4n) is 2.09. The van der Waals surface area contributed by atoms with Gasteiger partial charge in [-0.1, -0.05) is 22.9 Å². The summed E-state index contributed by atoms with van der Waals surface area (Å²) in [6, 6.07) is 14.7. The number of hydrogen-bond acceptors (Lipinski definition) is 5. The van der Waals surface area contributed by atoms with Gasteiger partial charge in [0.15, 0.2) is 12.4 Å². The molecule has 0 spiro atoms. The van der Waals surface area contributed by atoms with Crippen LogP contribution in [0.1, 0.15) is 11.4 Å². The van der Waals surface area contributed by atoms with Crippen LogP contribution in [0.25, 0.3) is 11.5 Å². The number of carbonyl (C=O) groups is 1. The SMILES string of the molecule is Cc1ccc(OCC(=O)Nc2ccc(-c3nc(C)no3)cc2)cc1. The standard InChI is InChI=1S/C18H17N3O3/c1-12-3-9-16(10-4-12)23-11-17(22)20-15-7-5-14(6-8-15)18-19-13(2)21-24-18/h3-10H,11H2,1-2H3,(H,20,22). The van der Waals surface area contributed by atoms with E-state index >= 15 is 0 Å². The molecule has 0 saturated heterocycles. The van der Waals surface area contributed by atoms with Crippen LogP contribution in [-0.2, 0) is 4.79 Å². The minimum atomic E-state index is -0.225. The molecule has 0 aliphatic heterocycles. The highest BCUT2D eigenvalue weighted by Crippen LogP contribution is 2.19. The Balaban J connectivity index is 1.55. The van der Waals surface area contributed by atoms with Crippen molar-refractivity contribution in [2.24, 2.45) is 0 Å². The Hall–Kier alpha value is -3.15. The van der Waals surface area contributed by atoms with E-state index in [4.69, 9.17) is 9.26 Å². The van der Waals surface area contributed by atoms with Crippen LogP contribution in [0.3, 0.4) is 0 Å². The normalized spacial score (nSPS) is 10.4. The van der Waals surface area contributed by atoms with Gasteiger partial charge in [0.25, 0.3) is 11.8 Å². The molecule has 1 N–H and O–H groups in total. The van der Waals surface area contributed by atoms with E-state index in [2.05, 4.69) is 15.5 Å². The number of ether oxygens (including phenoxy) is 1. The summed E-state index contributed by atoms with van der Waals surface area (Å²) < 4.78 is 10.5. The molecule has 3 rings (SSSR count). The number of hydrogen-bond donors (Lipinski definition) is 1. The maximum atomic E-state index is 11.9. The van der Waals surface area contributed by atoms with E-state index in [-0.39, 0.29) is 12.5 Å². The van der Waals surface area contributed by atoms with Gasteiger partial charge < -0.3 is 14.6 Å². The van der Waals surface area contributed by atoms with Crippen molar-refractivity contribution in [3.63, 3.8) is 0 Å². The molecule has 1 amide bonds. The molecular weight excluding hydrogens is 306 g/mol. The Kier molecular flexibility index (Phi) is 4.56. The number of nitrogens with zero attached hydrogens (tertiary/aromatic N) is 2. The summed E-state index contributed by atoms with van der Waals surface area (Å²) in [5, 5.41) is 6.53. The van der Waals surface area contributed by atoms with Crippen LogP contribution < -0.4 is 10.1 Å². The van der Waals surface area contributed by atoms with Crippen molar-refractivity contribution >= 4 is 11.6 Å². The summed E-state index contributed by atoms with van der Waals surface area (Å²) in [4.78, 5) is 16.1. The van der Waals surface area contributed by atoms with Crippen LogP contribution >= 0.6 is 0 Å². The van der Waals surface area contributed by atoms with Crippen molar-refractivity contribution in [2.75, 3.05) is 11.9 Å². The van der Waals surface area contributed by atoms with Crippen molar-refractivity contribution in [3.05, 3.63) is 59.9 Å². The largest absolute Gasteiger partial charge is 0.484 e. The molecule has 0 aliphatic rings. The Morgan fingerprint density at radius 2 is 1.79 bits per heavy atom. The monoisotopic (exact) mass is 323 g/mol. The van der Waals surface area contributed by atoms with Crippen molar-refractivity contribution in [3.8, 4) is 17.2 Å². The van der Waals surface area contributed by atoms with Gasteiger partial charge in [-0.05, 0) is 50.2 Å². The molecule has 6 heteroatoms. The Bertz CT molecular complexity index is 823. The number of aryl methyl sites for hydroxylation is 2. The number of anilines is 1. The van der Waals surface area contributed by atoms with Gasteiger partial charge in [0.2, 0.25) is 0 Å². The molecule has 3 aromatic rings. The second-order valence-corrected chi connectivity index (χ2v) is 5.37. The molecule has 0 fully saturated rings. The van der Waals surface area contributed by atoms with E-state index in [0.717, 1.165) is 11.1 Å². The van der Waals surface area contributed by atoms with E-state index in [9.17, 15) is 4.79 Å². The minimum absolute atomic E-state index is 0.0479. The quantitative estimate of drug-likeness (QED) is 0.779. The third-order valence-corrected chi connectivity index (χ3v) is 3.33. The van der Waals surface area contributed by atoms with Gasteiger partial charge in [0.05, 0.1) is 0 Å². The zero-order chi connectivity index (χ0) is 16.9.